The van der Waals surface area contributed by atoms with Gasteiger partial charge in [-0.3, -0.25) is 9.97 Å². The SMILES string of the molecule is CC(C)(C)c1ccc(-c2ccc3nc4c5cccnc5c5ncccc5c4nc3c2)cc1.ClC(Cl)Cl. The number of alkyl halides is 3. The Balaban J connectivity index is 0.000000623. The average Bonchev–Trinajstić information content (AvgIpc) is 2.87. The van der Waals surface area contributed by atoms with Gasteiger partial charge >= 0.3 is 0 Å². The monoisotopic (exact) mass is 532 g/mol. The van der Waals surface area contributed by atoms with Gasteiger partial charge in [-0.15, -0.1) is 0 Å². The quantitative estimate of drug-likeness (QED) is 0.120. The van der Waals surface area contributed by atoms with Crippen LogP contribution in [0.2, 0.25) is 0 Å². The van der Waals surface area contributed by atoms with Crippen LogP contribution in [0.15, 0.2) is 79.1 Å². The Hall–Kier alpha value is -3.05. The Morgan fingerprint density at radius 1 is 0.611 bits per heavy atom. The van der Waals surface area contributed by atoms with Crippen LogP contribution in [0.5, 0.6) is 0 Å². The van der Waals surface area contributed by atoms with Crippen molar-refractivity contribution in [1.29, 1.82) is 0 Å². The normalized spacial score (nSPS) is 11.9. The van der Waals surface area contributed by atoms with Crippen molar-refractivity contribution in [3.63, 3.8) is 0 Å². The lowest BCUT2D eigenvalue weighted by atomic mass is 9.86. The van der Waals surface area contributed by atoms with Gasteiger partial charge in [0.1, 0.15) is 0 Å². The molecule has 0 saturated heterocycles. The van der Waals surface area contributed by atoms with Crippen molar-refractivity contribution >= 4 is 78.7 Å². The summed E-state index contributed by atoms with van der Waals surface area (Å²) in [5.41, 5.74) is 8.98. The second-order valence-electron chi connectivity index (χ2n) is 9.50. The molecular formula is C29H23Cl3N4. The lowest BCUT2D eigenvalue weighted by Gasteiger charge is -2.19. The minimum Gasteiger partial charge on any atom is -0.254 e. The lowest BCUT2D eigenvalue weighted by Crippen LogP contribution is -2.10. The Kier molecular flexibility index (Phi) is 6.69. The molecule has 0 saturated carbocycles. The van der Waals surface area contributed by atoms with E-state index in [0.29, 0.717) is 0 Å². The molecule has 3 heterocycles. The Morgan fingerprint density at radius 3 is 1.64 bits per heavy atom. The topological polar surface area (TPSA) is 51.6 Å². The lowest BCUT2D eigenvalue weighted by molar-refractivity contribution is 0.590. The maximum Gasteiger partial charge on any atom is 0.180 e. The van der Waals surface area contributed by atoms with Crippen LogP contribution in [-0.4, -0.2) is 24.2 Å². The second-order valence-corrected chi connectivity index (χ2v) is 11.5. The molecule has 0 bridgehead atoms. The van der Waals surface area contributed by atoms with E-state index in [4.69, 9.17) is 44.8 Å². The van der Waals surface area contributed by atoms with Crippen molar-refractivity contribution in [2.24, 2.45) is 0 Å². The van der Waals surface area contributed by atoms with E-state index in [1.807, 2.05) is 24.3 Å². The van der Waals surface area contributed by atoms with E-state index in [0.717, 1.165) is 49.4 Å². The summed E-state index contributed by atoms with van der Waals surface area (Å²) in [5.74, 6) is 0. The standard InChI is InChI=1S/C28H22N4.CHCl3/c1-28(2,3)19-11-8-17(9-12-19)18-10-13-22-23(16-18)32-27-21-7-5-15-30-25(21)24-20(26(27)31-22)6-4-14-29-24;2-1(3)4/h4-16H,1-3H3;1H. The molecule has 0 fully saturated rings. The first-order valence-corrected chi connectivity index (χ1v) is 12.8. The van der Waals surface area contributed by atoms with Gasteiger partial charge < -0.3 is 0 Å². The van der Waals surface area contributed by atoms with Gasteiger partial charge in [-0.05, 0) is 58.5 Å². The minimum atomic E-state index is -0.750. The van der Waals surface area contributed by atoms with Crippen molar-refractivity contribution < 1.29 is 0 Å². The third kappa shape index (κ3) is 4.81. The minimum absolute atomic E-state index is 0.138. The zero-order valence-electron chi connectivity index (χ0n) is 20.0. The molecule has 0 N–H and O–H groups in total. The highest BCUT2D eigenvalue weighted by atomic mass is 35.6. The number of halogens is 3. The van der Waals surface area contributed by atoms with Crippen LogP contribution in [0.4, 0.5) is 0 Å². The van der Waals surface area contributed by atoms with E-state index in [1.54, 1.807) is 12.4 Å². The van der Waals surface area contributed by atoms with E-state index in [2.05, 4.69) is 73.2 Å². The van der Waals surface area contributed by atoms with Gasteiger partial charge in [0, 0.05) is 23.2 Å². The summed E-state index contributed by atoms with van der Waals surface area (Å²) >= 11 is 14.4. The van der Waals surface area contributed by atoms with E-state index in [1.165, 1.54) is 11.1 Å². The predicted molar refractivity (Wildman–Crippen MR) is 153 cm³/mol. The molecule has 0 aliphatic carbocycles. The molecular weight excluding hydrogens is 511 g/mol. The summed E-state index contributed by atoms with van der Waals surface area (Å²) in [7, 11) is 0. The number of nitrogens with zero attached hydrogens (tertiary/aromatic N) is 4. The Morgan fingerprint density at radius 2 is 1.11 bits per heavy atom. The summed E-state index contributed by atoms with van der Waals surface area (Å²) in [5, 5.41) is 1.95. The smallest absolute Gasteiger partial charge is 0.180 e. The molecule has 3 aromatic carbocycles. The number of fused-ring (bicyclic) bond motifs is 7. The number of hydrogen-bond donors (Lipinski definition) is 0. The van der Waals surface area contributed by atoms with E-state index < -0.39 is 4.30 Å². The van der Waals surface area contributed by atoms with Gasteiger partial charge in [0.2, 0.25) is 0 Å². The summed E-state index contributed by atoms with van der Waals surface area (Å²) in [6.45, 7) is 6.70. The van der Waals surface area contributed by atoms with Crippen LogP contribution in [0.25, 0.3) is 55.0 Å². The molecule has 0 unspecified atom stereocenters. The maximum atomic E-state index is 5.07. The van der Waals surface area contributed by atoms with E-state index in [-0.39, 0.29) is 5.41 Å². The van der Waals surface area contributed by atoms with Crippen LogP contribution in [0, 0.1) is 0 Å². The third-order valence-electron chi connectivity index (χ3n) is 6.10. The molecule has 0 spiro atoms. The van der Waals surface area contributed by atoms with Crippen LogP contribution >= 0.6 is 34.8 Å². The Labute approximate surface area is 224 Å². The third-order valence-corrected chi connectivity index (χ3v) is 6.10. The van der Waals surface area contributed by atoms with Crippen LogP contribution in [-0.2, 0) is 5.41 Å². The molecule has 7 heteroatoms. The van der Waals surface area contributed by atoms with Gasteiger partial charge in [-0.1, -0.05) is 85.9 Å². The van der Waals surface area contributed by atoms with Crippen LogP contribution in [0.3, 0.4) is 0 Å². The number of hydrogen-bond acceptors (Lipinski definition) is 4. The van der Waals surface area contributed by atoms with Gasteiger partial charge in [-0.2, -0.15) is 0 Å². The number of aromatic nitrogens is 4. The molecule has 0 radical (unpaired) electrons. The number of pyridine rings is 2. The fourth-order valence-corrected chi connectivity index (χ4v) is 4.34. The largest absolute Gasteiger partial charge is 0.254 e. The average molecular weight is 534 g/mol. The van der Waals surface area contributed by atoms with Crippen molar-refractivity contribution in [2.45, 2.75) is 30.5 Å². The molecule has 4 nitrogen and oxygen atoms in total. The van der Waals surface area contributed by atoms with Crippen molar-refractivity contribution in [1.82, 2.24) is 19.9 Å². The van der Waals surface area contributed by atoms with Gasteiger partial charge in [0.15, 0.2) is 4.30 Å². The zero-order chi connectivity index (χ0) is 25.4. The van der Waals surface area contributed by atoms with Crippen LogP contribution in [0.1, 0.15) is 26.3 Å². The van der Waals surface area contributed by atoms with E-state index in [9.17, 15) is 0 Å². The highest BCUT2D eigenvalue weighted by molar-refractivity contribution is 6.63. The molecule has 0 amide bonds. The highest BCUT2D eigenvalue weighted by Crippen LogP contribution is 2.33. The van der Waals surface area contributed by atoms with Gasteiger partial charge in [0.25, 0.3) is 0 Å². The van der Waals surface area contributed by atoms with Gasteiger partial charge in [0.05, 0.1) is 33.1 Å². The fourth-order valence-electron chi connectivity index (χ4n) is 4.34. The number of rotatable bonds is 1. The molecule has 0 aliphatic heterocycles. The highest BCUT2D eigenvalue weighted by Gasteiger charge is 2.15. The maximum absolute atomic E-state index is 5.07. The van der Waals surface area contributed by atoms with E-state index >= 15 is 0 Å². The van der Waals surface area contributed by atoms with Crippen molar-refractivity contribution in [3.8, 4) is 11.1 Å². The molecule has 0 aliphatic rings. The molecule has 3 aromatic heterocycles. The summed E-state index contributed by atoms with van der Waals surface area (Å²) in [4.78, 5) is 19.3. The molecule has 180 valence electrons. The first kappa shape index (κ1) is 24.6. The first-order valence-electron chi connectivity index (χ1n) is 11.5. The van der Waals surface area contributed by atoms with Crippen LogP contribution < -0.4 is 0 Å². The zero-order valence-corrected chi connectivity index (χ0v) is 22.3. The fraction of sp³-hybridized carbons (Fsp3) is 0.172. The first-order chi connectivity index (χ1) is 17.2. The van der Waals surface area contributed by atoms with Crippen molar-refractivity contribution in [2.75, 3.05) is 0 Å². The summed E-state index contributed by atoms with van der Waals surface area (Å²) < 4.78 is -0.750. The molecule has 6 rings (SSSR count). The second kappa shape index (κ2) is 9.78. The summed E-state index contributed by atoms with van der Waals surface area (Å²) in [6.07, 6.45) is 3.60. The molecule has 6 aromatic rings. The summed E-state index contributed by atoms with van der Waals surface area (Å²) in [6, 6.07) is 23.1. The Bertz CT molecular complexity index is 1710. The van der Waals surface area contributed by atoms with Crippen molar-refractivity contribution in [3.05, 3.63) is 84.7 Å². The molecule has 36 heavy (non-hydrogen) atoms. The molecule has 0 atom stereocenters. The van der Waals surface area contributed by atoms with Gasteiger partial charge in [-0.25, -0.2) is 9.97 Å². The number of benzene rings is 3. The predicted octanol–water partition coefficient (Wildman–Crippen LogP) is 8.83.